The number of aromatic nitrogens is 1. The molecule has 0 fully saturated rings. The topological polar surface area (TPSA) is 120 Å². The number of anilines is 1. The van der Waals surface area contributed by atoms with Gasteiger partial charge in [0.25, 0.3) is 0 Å². The van der Waals surface area contributed by atoms with Crippen LogP contribution in [0.4, 0.5) is 5.69 Å². The van der Waals surface area contributed by atoms with E-state index in [-0.39, 0.29) is 0 Å². The molecule has 7 nitrogen and oxygen atoms in total. The van der Waals surface area contributed by atoms with Gasteiger partial charge >= 0.3 is 11.9 Å². The Labute approximate surface area is 179 Å². The second-order valence-electron chi connectivity index (χ2n) is 7.12. The van der Waals surface area contributed by atoms with Crippen molar-refractivity contribution in [1.82, 2.24) is 4.98 Å². The van der Waals surface area contributed by atoms with Gasteiger partial charge in [0.05, 0.1) is 17.3 Å². The lowest BCUT2D eigenvalue weighted by Gasteiger charge is -2.25. The van der Waals surface area contributed by atoms with E-state index in [1.807, 2.05) is 36.4 Å². The van der Waals surface area contributed by atoms with Crippen LogP contribution in [-0.4, -0.2) is 32.2 Å². The summed E-state index contributed by atoms with van der Waals surface area (Å²) in [7, 11) is 0. The number of aryl methyl sites for hydroxylation is 1. The third-order valence-electron chi connectivity index (χ3n) is 4.91. The van der Waals surface area contributed by atoms with Crippen molar-refractivity contribution in [3.05, 3.63) is 83.6 Å². The monoisotopic (exact) mass is 420 g/mol. The highest BCUT2D eigenvalue weighted by atomic mass is 16.4. The molecule has 3 aromatic rings. The number of aliphatic hydroxyl groups excluding tert-OH is 1. The first kappa shape index (κ1) is 22.0. The van der Waals surface area contributed by atoms with Crippen LogP contribution in [0.3, 0.4) is 0 Å². The first-order valence-electron chi connectivity index (χ1n) is 9.97. The van der Waals surface area contributed by atoms with Crippen LogP contribution in [0.2, 0.25) is 0 Å². The highest BCUT2D eigenvalue weighted by Gasteiger charge is 2.24. The Bertz CT molecular complexity index is 1080. The molecule has 0 spiro atoms. The maximum absolute atomic E-state index is 10.5. The fourth-order valence-electron chi connectivity index (χ4n) is 3.55. The lowest BCUT2D eigenvalue weighted by Crippen LogP contribution is -2.15. The average Bonchev–Trinajstić information content (AvgIpc) is 2.76. The summed E-state index contributed by atoms with van der Waals surface area (Å²) in [5, 5.41) is 30.8. The van der Waals surface area contributed by atoms with E-state index in [9.17, 15) is 14.7 Å². The number of benzene rings is 2. The third-order valence-corrected chi connectivity index (χ3v) is 4.91. The Balaban J connectivity index is 0.000000293. The van der Waals surface area contributed by atoms with Crippen LogP contribution in [0.15, 0.2) is 66.7 Å². The summed E-state index contributed by atoms with van der Waals surface area (Å²) in [5.74, 6) is -2.51. The molecule has 1 atom stereocenters. The van der Waals surface area contributed by atoms with Crippen molar-refractivity contribution in [3.8, 4) is 0 Å². The van der Waals surface area contributed by atoms with Gasteiger partial charge in [-0.25, -0.2) is 9.59 Å². The van der Waals surface area contributed by atoms with Gasteiger partial charge < -0.3 is 20.6 Å². The fourth-order valence-corrected chi connectivity index (χ4v) is 3.55. The van der Waals surface area contributed by atoms with Crippen molar-refractivity contribution < 1.29 is 24.9 Å². The van der Waals surface area contributed by atoms with Crippen LogP contribution < -0.4 is 5.32 Å². The lowest BCUT2D eigenvalue weighted by molar-refractivity contribution is -0.134. The molecule has 4 rings (SSSR count). The van der Waals surface area contributed by atoms with Gasteiger partial charge in [-0.2, -0.15) is 0 Å². The summed E-state index contributed by atoms with van der Waals surface area (Å²) < 4.78 is 0. The van der Waals surface area contributed by atoms with E-state index in [2.05, 4.69) is 23.5 Å². The summed E-state index contributed by atoms with van der Waals surface area (Å²) in [6, 6.07) is 18.5. The minimum atomic E-state index is -1.26. The number of nitrogens with zero attached hydrogens (tertiary/aromatic N) is 1. The SMILES string of the molecule is O=C(O)C=CC(=O)O.OC1CCCc2nc3ccccc3c(NCc3ccccc3)c21. The molecule has 1 aliphatic carbocycles. The Hall–Kier alpha value is -3.71. The van der Waals surface area contributed by atoms with Crippen molar-refractivity contribution in [1.29, 1.82) is 0 Å². The van der Waals surface area contributed by atoms with Crippen molar-refractivity contribution in [2.75, 3.05) is 5.32 Å². The number of para-hydroxylation sites is 1. The first-order valence-corrected chi connectivity index (χ1v) is 9.97. The van der Waals surface area contributed by atoms with Gasteiger partial charge in [-0.05, 0) is 30.9 Å². The normalized spacial score (nSPS) is 15.1. The number of aliphatic hydroxyl groups is 1. The van der Waals surface area contributed by atoms with Crippen LogP contribution in [0.1, 0.15) is 35.8 Å². The van der Waals surface area contributed by atoms with E-state index >= 15 is 0 Å². The predicted molar refractivity (Wildman–Crippen MR) is 118 cm³/mol. The molecule has 0 amide bonds. The summed E-state index contributed by atoms with van der Waals surface area (Å²) in [5.41, 5.74) is 5.30. The molecule has 2 aromatic carbocycles. The number of hydrogen-bond donors (Lipinski definition) is 4. The van der Waals surface area contributed by atoms with Gasteiger partial charge in [-0.1, -0.05) is 48.5 Å². The molecule has 7 heteroatoms. The summed E-state index contributed by atoms with van der Waals surface area (Å²) in [6.45, 7) is 0.744. The second kappa shape index (κ2) is 10.4. The van der Waals surface area contributed by atoms with E-state index < -0.39 is 18.0 Å². The zero-order valence-corrected chi connectivity index (χ0v) is 16.9. The molecular formula is C24H24N2O5. The lowest BCUT2D eigenvalue weighted by atomic mass is 9.90. The van der Waals surface area contributed by atoms with Crippen molar-refractivity contribution >= 4 is 28.5 Å². The van der Waals surface area contributed by atoms with E-state index in [4.69, 9.17) is 15.2 Å². The average molecular weight is 420 g/mol. The van der Waals surface area contributed by atoms with Crippen molar-refractivity contribution in [2.24, 2.45) is 0 Å². The van der Waals surface area contributed by atoms with E-state index in [0.717, 1.165) is 53.7 Å². The Morgan fingerprint density at radius 2 is 1.65 bits per heavy atom. The molecule has 0 bridgehead atoms. The smallest absolute Gasteiger partial charge is 0.328 e. The van der Waals surface area contributed by atoms with Crippen LogP contribution in [0.5, 0.6) is 0 Å². The van der Waals surface area contributed by atoms with E-state index in [1.54, 1.807) is 0 Å². The van der Waals surface area contributed by atoms with Gasteiger partial charge in [0, 0.05) is 35.3 Å². The number of nitrogens with one attached hydrogen (secondary N) is 1. The number of pyridine rings is 1. The maximum atomic E-state index is 10.5. The van der Waals surface area contributed by atoms with Gasteiger partial charge in [0.1, 0.15) is 0 Å². The highest BCUT2D eigenvalue weighted by molar-refractivity contribution is 5.93. The summed E-state index contributed by atoms with van der Waals surface area (Å²) in [6.07, 6.45) is 3.45. The summed E-state index contributed by atoms with van der Waals surface area (Å²) >= 11 is 0. The Kier molecular flexibility index (Phi) is 7.35. The van der Waals surface area contributed by atoms with E-state index in [0.29, 0.717) is 12.2 Å². The highest BCUT2D eigenvalue weighted by Crippen LogP contribution is 2.38. The number of carboxylic acid groups (broad SMARTS) is 2. The number of fused-ring (bicyclic) bond motifs is 2. The molecule has 0 radical (unpaired) electrons. The van der Waals surface area contributed by atoms with Gasteiger partial charge in [0.2, 0.25) is 0 Å². The van der Waals surface area contributed by atoms with Crippen LogP contribution in [0.25, 0.3) is 10.9 Å². The number of carboxylic acids is 2. The van der Waals surface area contributed by atoms with Gasteiger partial charge in [-0.15, -0.1) is 0 Å². The zero-order valence-electron chi connectivity index (χ0n) is 16.9. The second-order valence-corrected chi connectivity index (χ2v) is 7.12. The van der Waals surface area contributed by atoms with Crippen LogP contribution >= 0.6 is 0 Å². The Morgan fingerprint density at radius 1 is 1.00 bits per heavy atom. The first-order chi connectivity index (χ1) is 15.0. The molecule has 0 aliphatic heterocycles. The molecule has 1 unspecified atom stereocenters. The summed E-state index contributed by atoms with van der Waals surface area (Å²) in [4.78, 5) is 23.9. The van der Waals surface area contributed by atoms with E-state index in [1.165, 1.54) is 5.56 Å². The number of carbonyl (C=O) groups is 2. The zero-order chi connectivity index (χ0) is 22.2. The molecule has 1 aliphatic rings. The quantitative estimate of drug-likeness (QED) is 0.462. The van der Waals surface area contributed by atoms with Crippen LogP contribution in [0, 0.1) is 0 Å². The minimum Gasteiger partial charge on any atom is -0.478 e. The van der Waals surface area contributed by atoms with Gasteiger partial charge in [-0.3, -0.25) is 4.98 Å². The van der Waals surface area contributed by atoms with Gasteiger partial charge in [0.15, 0.2) is 0 Å². The standard InChI is InChI=1S/C20H20N2O.C4H4O4/c23-18-12-6-11-17-19(18)20(15-9-4-5-10-16(15)22-17)21-13-14-7-2-1-3-8-14;5-3(6)1-2-4(7)8/h1-5,7-10,18,23H,6,11-13H2,(H,21,22);1-2H,(H,5,6)(H,7,8). The maximum Gasteiger partial charge on any atom is 0.328 e. The largest absolute Gasteiger partial charge is 0.478 e. The molecule has 4 N–H and O–H groups in total. The molecule has 1 heterocycles. The third kappa shape index (κ3) is 5.90. The number of rotatable bonds is 5. The number of aliphatic carboxylic acids is 2. The predicted octanol–water partition coefficient (Wildman–Crippen LogP) is 3.93. The minimum absolute atomic E-state index is 0.422. The molecular weight excluding hydrogens is 396 g/mol. The molecule has 31 heavy (non-hydrogen) atoms. The molecule has 1 aromatic heterocycles. The molecule has 0 saturated heterocycles. The Morgan fingerprint density at radius 3 is 2.32 bits per heavy atom. The molecule has 0 saturated carbocycles. The fraction of sp³-hybridized carbons (Fsp3) is 0.208. The van der Waals surface area contributed by atoms with Crippen molar-refractivity contribution in [3.63, 3.8) is 0 Å². The van der Waals surface area contributed by atoms with Crippen molar-refractivity contribution in [2.45, 2.75) is 31.9 Å². The molecule has 160 valence electrons. The number of hydrogen-bond acceptors (Lipinski definition) is 5. The van der Waals surface area contributed by atoms with Crippen LogP contribution in [-0.2, 0) is 22.6 Å².